The van der Waals surface area contributed by atoms with Gasteiger partial charge in [0.1, 0.15) is 17.5 Å². The number of nitrogens with zero attached hydrogens (tertiary/aromatic N) is 2. The Morgan fingerprint density at radius 2 is 1.97 bits per heavy atom. The van der Waals surface area contributed by atoms with Gasteiger partial charge in [-0.3, -0.25) is 4.98 Å². The first-order valence-electron chi connectivity index (χ1n) is 9.13. The molecule has 0 radical (unpaired) electrons. The molecule has 1 amide bonds. The number of alkyl halides is 5. The minimum Gasteiger partial charge on any atom is -0.488 e. The molecule has 2 N–H and O–H groups in total. The van der Waals surface area contributed by atoms with Gasteiger partial charge in [-0.05, 0) is 36.8 Å². The first kappa shape index (κ1) is 21.5. The van der Waals surface area contributed by atoms with Crippen LogP contribution < -0.4 is 4.74 Å². The molecule has 1 spiro atoms. The van der Waals surface area contributed by atoms with Gasteiger partial charge in [-0.25, -0.2) is 13.6 Å². The second-order valence-electron chi connectivity index (χ2n) is 7.57. The number of halogens is 5. The number of ether oxygens (including phenoxy) is 1. The fourth-order valence-corrected chi connectivity index (χ4v) is 4.57. The van der Waals surface area contributed by atoms with E-state index in [-0.39, 0.29) is 38.1 Å². The largest absolute Gasteiger partial charge is 0.488 e. The number of piperidine rings is 1. The Balaban J connectivity index is 1.79. The number of aromatic nitrogens is 1. The van der Waals surface area contributed by atoms with E-state index in [1.807, 2.05) is 0 Å². The van der Waals surface area contributed by atoms with E-state index in [0.717, 1.165) is 17.2 Å². The summed E-state index contributed by atoms with van der Waals surface area (Å²) in [6.07, 6.45) is -7.67. The lowest BCUT2D eigenvalue weighted by Gasteiger charge is -2.59. The average molecular weight is 424 g/mol. The summed E-state index contributed by atoms with van der Waals surface area (Å²) in [4.78, 5) is 15.8. The maximum Gasteiger partial charge on any atom is 0.407 e. The van der Waals surface area contributed by atoms with Crippen molar-refractivity contribution >= 4 is 6.09 Å². The third kappa shape index (κ3) is 4.24. The van der Waals surface area contributed by atoms with Crippen LogP contribution in [0.2, 0.25) is 0 Å². The van der Waals surface area contributed by atoms with Crippen molar-refractivity contribution in [3.05, 3.63) is 24.0 Å². The first-order chi connectivity index (χ1) is 13.6. The van der Waals surface area contributed by atoms with Gasteiger partial charge in [0.25, 0.3) is 6.43 Å². The van der Waals surface area contributed by atoms with E-state index in [4.69, 9.17) is 9.84 Å². The van der Waals surface area contributed by atoms with Gasteiger partial charge in [0.05, 0.1) is 18.7 Å². The summed E-state index contributed by atoms with van der Waals surface area (Å²) in [6, 6.07) is 2.27. The number of aliphatic hydroxyl groups excluding tert-OH is 1. The minimum atomic E-state index is -4.66. The third-order valence-electron chi connectivity index (χ3n) is 6.07. The van der Waals surface area contributed by atoms with Crippen molar-refractivity contribution in [2.45, 2.75) is 38.0 Å². The van der Waals surface area contributed by atoms with Crippen LogP contribution in [0.1, 0.15) is 31.4 Å². The molecule has 2 heterocycles. The summed E-state index contributed by atoms with van der Waals surface area (Å²) in [5.74, 6) is -3.02. The Bertz CT molecular complexity index is 720. The Morgan fingerprint density at radius 1 is 1.31 bits per heavy atom. The van der Waals surface area contributed by atoms with Crippen molar-refractivity contribution in [2.24, 2.45) is 17.3 Å². The summed E-state index contributed by atoms with van der Waals surface area (Å²) in [5, 5.41) is 18.5. The standard InChI is InChI=1S/C18H21F5N2O4/c19-15(20)12-2-1-10(8-24-12)29-13-7-17(3-5-25(6-4-17)16(27)28)14(13)11(9-26)18(21,22)23/h1-2,8,11,13-15,26H,3-7,9H2,(H,27,28)/t11?,13-,14?/m1/s1. The molecule has 1 aliphatic heterocycles. The molecule has 162 valence electrons. The molecular formula is C18H21F5N2O4. The zero-order valence-electron chi connectivity index (χ0n) is 15.3. The number of hydrogen-bond donors (Lipinski definition) is 2. The molecule has 2 unspecified atom stereocenters. The SMILES string of the molecule is O=C(O)N1CCC2(CC1)C[C@@H](Oc1ccc(C(F)F)nc1)C2C(CO)C(F)(F)F. The van der Waals surface area contributed by atoms with E-state index >= 15 is 0 Å². The van der Waals surface area contributed by atoms with Crippen LogP contribution >= 0.6 is 0 Å². The van der Waals surface area contributed by atoms with Gasteiger partial charge in [-0.1, -0.05) is 0 Å². The highest BCUT2D eigenvalue weighted by molar-refractivity contribution is 5.65. The van der Waals surface area contributed by atoms with E-state index in [1.54, 1.807) is 0 Å². The van der Waals surface area contributed by atoms with E-state index in [9.17, 15) is 31.9 Å². The highest BCUT2D eigenvalue weighted by atomic mass is 19.4. The van der Waals surface area contributed by atoms with Crippen molar-refractivity contribution < 1.29 is 41.7 Å². The lowest BCUT2D eigenvalue weighted by Crippen LogP contribution is -2.63. The van der Waals surface area contributed by atoms with Crippen LogP contribution in [0.5, 0.6) is 5.75 Å². The average Bonchev–Trinajstić information content (AvgIpc) is 2.65. The lowest BCUT2D eigenvalue weighted by molar-refractivity contribution is -0.256. The molecule has 11 heteroatoms. The van der Waals surface area contributed by atoms with Crippen molar-refractivity contribution in [3.8, 4) is 5.75 Å². The monoisotopic (exact) mass is 424 g/mol. The van der Waals surface area contributed by atoms with Crippen LogP contribution in [-0.4, -0.2) is 58.2 Å². The summed E-state index contributed by atoms with van der Waals surface area (Å²) < 4.78 is 71.6. The van der Waals surface area contributed by atoms with Crippen LogP contribution in [-0.2, 0) is 0 Å². The fourth-order valence-electron chi connectivity index (χ4n) is 4.57. The van der Waals surface area contributed by atoms with Crippen molar-refractivity contribution in [3.63, 3.8) is 0 Å². The summed E-state index contributed by atoms with van der Waals surface area (Å²) >= 11 is 0. The number of carbonyl (C=O) groups is 1. The van der Waals surface area contributed by atoms with E-state index < -0.39 is 54.4 Å². The van der Waals surface area contributed by atoms with E-state index in [2.05, 4.69) is 4.98 Å². The normalized spacial score (nSPS) is 25.0. The number of amides is 1. The molecule has 1 aliphatic carbocycles. The van der Waals surface area contributed by atoms with Crippen LogP contribution in [0.3, 0.4) is 0 Å². The summed E-state index contributed by atoms with van der Waals surface area (Å²) in [6.45, 7) is -0.889. The molecule has 1 aromatic rings. The molecular weight excluding hydrogens is 403 g/mol. The highest BCUT2D eigenvalue weighted by Crippen LogP contribution is 2.60. The van der Waals surface area contributed by atoms with Gasteiger partial charge in [0, 0.05) is 19.0 Å². The number of hydrogen-bond acceptors (Lipinski definition) is 4. The van der Waals surface area contributed by atoms with E-state index in [0.29, 0.717) is 0 Å². The molecule has 3 rings (SSSR count). The number of likely N-dealkylation sites (tertiary alicyclic amines) is 1. The number of pyridine rings is 1. The molecule has 29 heavy (non-hydrogen) atoms. The van der Waals surface area contributed by atoms with Crippen molar-refractivity contribution in [1.82, 2.24) is 9.88 Å². The number of aliphatic hydroxyl groups is 1. The Morgan fingerprint density at radius 3 is 2.41 bits per heavy atom. The van der Waals surface area contributed by atoms with Crippen LogP contribution in [0, 0.1) is 17.3 Å². The molecule has 1 saturated carbocycles. The van der Waals surface area contributed by atoms with Gasteiger partial charge in [0.15, 0.2) is 0 Å². The maximum atomic E-state index is 13.6. The molecule has 1 aromatic heterocycles. The second-order valence-corrected chi connectivity index (χ2v) is 7.57. The number of carboxylic acid groups (broad SMARTS) is 1. The maximum absolute atomic E-state index is 13.6. The Labute approximate surface area is 163 Å². The van der Waals surface area contributed by atoms with Crippen LogP contribution in [0.25, 0.3) is 0 Å². The smallest absolute Gasteiger partial charge is 0.407 e. The molecule has 0 bridgehead atoms. The molecule has 2 aliphatic rings. The van der Waals surface area contributed by atoms with Crippen LogP contribution in [0.15, 0.2) is 18.3 Å². The molecule has 1 saturated heterocycles. The Hall–Kier alpha value is -2.17. The first-order valence-corrected chi connectivity index (χ1v) is 9.13. The zero-order valence-corrected chi connectivity index (χ0v) is 15.3. The number of rotatable bonds is 5. The van der Waals surface area contributed by atoms with Crippen LogP contribution in [0.4, 0.5) is 26.7 Å². The van der Waals surface area contributed by atoms with Crippen molar-refractivity contribution in [1.29, 1.82) is 0 Å². The van der Waals surface area contributed by atoms with Gasteiger partial charge < -0.3 is 19.8 Å². The summed E-state index contributed by atoms with van der Waals surface area (Å²) in [7, 11) is 0. The zero-order chi connectivity index (χ0) is 21.4. The predicted octanol–water partition coefficient (Wildman–Crippen LogP) is 3.72. The Kier molecular flexibility index (Phi) is 5.88. The molecule has 6 nitrogen and oxygen atoms in total. The lowest BCUT2D eigenvalue weighted by atomic mass is 9.50. The summed E-state index contributed by atoms with van der Waals surface area (Å²) in [5.41, 5.74) is -1.26. The molecule has 0 aromatic carbocycles. The van der Waals surface area contributed by atoms with Gasteiger partial charge in [-0.15, -0.1) is 0 Å². The topological polar surface area (TPSA) is 82.9 Å². The molecule has 3 atom stereocenters. The molecule has 2 fully saturated rings. The quantitative estimate of drug-likeness (QED) is 0.704. The highest BCUT2D eigenvalue weighted by Gasteiger charge is 2.63. The van der Waals surface area contributed by atoms with Gasteiger partial charge in [-0.2, -0.15) is 13.2 Å². The van der Waals surface area contributed by atoms with Crippen molar-refractivity contribution in [2.75, 3.05) is 19.7 Å². The minimum absolute atomic E-state index is 0.0705. The third-order valence-corrected chi connectivity index (χ3v) is 6.07. The fraction of sp³-hybridized carbons (Fsp3) is 0.667. The van der Waals surface area contributed by atoms with Gasteiger partial charge in [0.2, 0.25) is 0 Å². The second kappa shape index (κ2) is 7.92. The van der Waals surface area contributed by atoms with E-state index in [1.165, 1.54) is 6.07 Å². The van der Waals surface area contributed by atoms with Gasteiger partial charge >= 0.3 is 12.3 Å². The predicted molar refractivity (Wildman–Crippen MR) is 89.6 cm³/mol.